The molecule has 5 nitrogen and oxygen atoms in total. The first kappa shape index (κ1) is 19.2. The predicted octanol–water partition coefficient (Wildman–Crippen LogP) is 3.22. The molecule has 1 fully saturated rings. The Bertz CT molecular complexity index is 768. The summed E-state index contributed by atoms with van der Waals surface area (Å²) in [5, 5.41) is 2.95. The van der Waals surface area contributed by atoms with E-state index < -0.39 is 6.10 Å². The number of nitrogens with zero attached hydrogens (tertiary/aromatic N) is 1. The van der Waals surface area contributed by atoms with Crippen molar-refractivity contribution < 1.29 is 14.3 Å². The van der Waals surface area contributed by atoms with Gasteiger partial charge in [-0.25, -0.2) is 0 Å². The fourth-order valence-electron chi connectivity index (χ4n) is 3.06. The number of rotatable bonds is 6. The van der Waals surface area contributed by atoms with Crippen LogP contribution in [0.3, 0.4) is 0 Å². The number of nitrogens with one attached hydrogen (secondary N) is 1. The predicted molar refractivity (Wildman–Crippen MR) is 107 cm³/mol. The monoisotopic (exact) mass is 368 g/mol. The van der Waals surface area contributed by atoms with Crippen molar-refractivity contribution in [2.24, 2.45) is 0 Å². The third-order valence-corrected chi connectivity index (χ3v) is 4.80. The van der Waals surface area contributed by atoms with E-state index in [0.717, 1.165) is 48.7 Å². The maximum absolute atomic E-state index is 12.4. The molecule has 0 aliphatic carbocycles. The summed E-state index contributed by atoms with van der Waals surface area (Å²) in [6.45, 7) is 9.65. The molecular formula is C22H28N2O3. The number of carbonyl (C=O) groups is 1. The summed E-state index contributed by atoms with van der Waals surface area (Å²) in [4.78, 5) is 14.7. The van der Waals surface area contributed by atoms with Gasteiger partial charge in [0.15, 0.2) is 6.10 Å². The number of hydrogen-bond acceptors (Lipinski definition) is 4. The van der Waals surface area contributed by atoms with Gasteiger partial charge in [0.2, 0.25) is 0 Å². The highest BCUT2D eigenvalue weighted by atomic mass is 16.5. The van der Waals surface area contributed by atoms with Gasteiger partial charge in [-0.05, 0) is 55.7 Å². The minimum atomic E-state index is -0.543. The lowest BCUT2D eigenvalue weighted by Crippen LogP contribution is -2.36. The highest BCUT2D eigenvalue weighted by molar-refractivity contribution is 5.80. The van der Waals surface area contributed by atoms with Gasteiger partial charge in [0.05, 0.1) is 13.2 Å². The molecule has 0 aromatic heterocycles. The second-order valence-corrected chi connectivity index (χ2v) is 7.01. The van der Waals surface area contributed by atoms with E-state index in [0.29, 0.717) is 6.54 Å². The molecule has 1 aliphatic heterocycles. The van der Waals surface area contributed by atoms with E-state index in [1.54, 1.807) is 6.92 Å². The smallest absolute Gasteiger partial charge is 0.261 e. The number of amides is 1. The maximum Gasteiger partial charge on any atom is 0.261 e. The Morgan fingerprint density at radius 2 is 1.85 bits per heavy atom. The molecule has 1 unspecified atom stereocenters. The van der Waals surface area contributed by atoms with Crippen LogP contribution in [0.4, 0.5) is 5.69 Å². The van der Waals surface area contributed by atoms with Gasteiger partial charge >= 0.3 is 0 Å². The Kier molecular flexibility index (Phi) is 6.35. The van der Waals surface area contributed by atoms with Crippen LogP contribution in [0.15, 0.2) is 42.5 Å². The Hall–Kier alpha value is -2.53. The second-order valence-electron chi connectivity index (χ2n) is 7.01. The molecule has 2 aromatic rings. The first-order chi connectivity index (χ1) is 13.0. The molecule has 0 spiro atoms. The van der Waals surface area contributed by atoms with Crippen LogP contribution in [0.2, 0.25) is 0 Å². The Morgan fingerprint density at radius 3 is 2.56 bits per heavy atom. The first-order valence-electron chi connectivity index (χ1n) is 9.46. The van der Waals surface area contributed by atoms with Gasteiger partial charge in [0.25, 0.3) is 5.91 Å². The SMILES string of the molecule is Cc1ccc(C)c(OC(C)C(=O)NCc2ccc(N3CCOCC3)cc2)c1. The van der Waals surface area contributed by atoms with Gasteiger partial charge in [-0.2, -0.15) is 0 Å². The number of benzene rings is 2. The molecule has 5 heteroatoms. The molecule has 1 saturated heterocycles. The molecule has 0 radical (unpaired) electrons. The van der Waals surface area contributed by atoms with Gasteiger partial charge < -0.3 is 19.7 Å². The van der Waals surface area contributed by atoms with E-state index in [1.165, 1.54) is 5.69 Å². The van der Waals surface area contributed by atoms with Crippen LogP contribution >= 0.6 is 0 Å². The Labute approximate surface area is 161 Å². The lowest BCUT2D eigenvalue weighted by atomic mass is 10.1. The minimum absolute atomic E-state index is 0.117. The molecule has 27 heavy (non-hydrogen) atoms. The summed E-state index contributed by atoms with van der Waals surface area (Å²) in [6, 6.07) is 14.3. The third-order valence-electron chi connectivity index (χ3n) is 4.80. The van der Waals surface area contributed by atoms with Gasteiger partial charge in [0.1, 0.15) is 5.75 Å². The van der Waals surface area contributed by atoms with Crippen LogP contribution in [0, 0.1) is 13.8 Å². The molecule has 0 saturated carbocycles. The molecule has 1 heterocycles. The molecule has 3 rings (SSSR count). The van der Waals surface area contributed by atoms with Gasteiger partial charge in [-0.1, -0.05) is 24.3 Å². The van der Waals surface area contributed by atoms with E-state index in [9.17, 15) is 4.79 Å². The van der Waals surface area contributed by atoms with Crippen LogP contribution in [0.25, 0.3) is 0 Å². The number of ether oxygens (including phenoxy) is 2. The van der Waals surface area contributed by atoms with Gasteiger partial charge in [-0.3, -0.25) is 4.79 Å². The lowest BCUT2D eigenvalue weighted by molar-refractivity contribution is -0.127. The summed E-state index contributed by atoms with van der Waals surface area (Å²) < 4.78 is 11.2. The molecular weight excluding hydrogens is 340 g/mol. The van der Waals surface area contributed by atoms with Gasteiger partial charge in [-0.15, -0.1) is 0 Å². The summed E-state index contributed by atoms with van der Waals surface area (Å²) in [5.41, 5.74) is 4.40. The molecule has 144 valence electrons. The van der Waals surface area contributed by atoms with Crippen molar-refractivity contribution in [2.75, 3.05) is 31.2 Å². The lowest BCUT2D eigenvalue weighted by Gasteiger charge is -2.28. The topological polar surface area (TPSA) is 50.8 Å². The van der Waals surface area contributed by atoms with Crippen LogP contribution in [-0.2, 0) is 16.1 Å². The highest BCUT2D eigenvalue weighted by Gasteiger charge is 2.16. The van der Waals surface area contributed by atoms with E-state index >= 15 is 0 Å². The van der Waals surface area contributed by atoms with Crippen molar-refractivity contribution in [3.63, 3.8) is 0 Å². The number of morpholine rings is 1. The zero-order valence-electron chi connectivity index (χ0n) is 16.3. The summed E-state index contributed by atoms with van der Waals surface area (Å²) >= 11 is 0. The van der Waals surface area contributed by atoms with Crippen molar-refractivity contribution in [2.45, 2.75) is 33.4 Å². The largest absolute Gasteiger partial charge is 0.481 e. The first-order valence-corrected chi connectivity index (χ1v) is 9.46. The van der Waals surface area contributed by atoms with Crippen LogP contribution in [0.1, 0.15) is 23.6 Å². The molecule has 1 N–H and O–H groups in total. The molecule has 0 bridgehead atoms. The molecule has 1 aliphatic rings. The van der Waals surface area contributed by atoms with Crippen LogP contribution in [-0.4, -0.2) is 38.3 Å². The third kappa shape index (κ3) is 5.23. The van der Waals surface area contributed by atoms with Crippen molar-refractivity contribution in [3.8, 4) is 5.75 Å². The van der Waals surface area contributed by atoms with E-state index in [2.05, 4.69) is 34.5 Å². The molecule has 1 atom stereocenters. The van der Waals surface area contributed by atoms with Crippen LogP contribution < -0.4 is 15.0 Å². The Morgan fingerprint density at radius 1 is 1.15 bits per heavy atom. The summed E-state index contributed by atoms with van der Waals surface area (Å²) in [6.07, 6.45) is -0.543. The molecule has 1 amide bonds. The average Bonchev–Trinajstić information content (AvgIpc) is 2.70. The van der Waals surface area contributed by atoms with E-state index in [1.807, 2.05) is 32.0 Å². The van der Waals surface area contributed by atoms with Crippen molar-refractivity contribution in [3.05, 3.63) is 59.2 Å². The minimum Gasteiger partial charge on any atom is -0.481 e. The van der Waals surface area contributed by atoms with Crippen molar-refractivity contribution >= 4 is 11.6 Å². The Balaban J connectivity index is 1.51. The van der Waals surface area contributed by atoms with Crippen molar-refractivity contribution in [1.82, 2.24) is 5.32 Å². The number of anilines is 1. The van der Waals surface area contributed by atoms with Gasteiger partial charge in [0, 0.05) is 25.3 Å². The van der Waals surface area contributed by atoms with Crippen LogP contribution in [0.5, 0.6) is 5.75 Å². The van der Waals surface area contributed by atoms with E-state index in [-0.39, 0.29) is 5.91 Å². The van der Waals surface area contributed by atoms with E-state index in [4.69, 9.17) is 9.47 Å². The number of aryl methyl sites for hydroxylation is 2. The van der Waals surface area contributed by atoms with Crippen molar-refractivity contribution in [1.29, 1.82) is 0 Å². The summed E-state index contributed by atoms with van der Waals surface area (Å²) in [5.74, 6) is 0.640. The maximum atomic E-state index is 12.4. The second kappa shape index (κ2) is 8.91. The number of carbonyl (C=O) groups excluding carboxylic acids is 1. The number of hydrogen-bond donors (Lipinski definition) is 1. The highest BCUT2D eigenvalue weighted by Crippen LogP contribution is 2.20. The fraction of sp³-hybridized carbons (Fsp3) is 0.409. The zero-order chi connectivity index (χ0) is 19.2. The normalized spacial score (nSPS) is 15.3. The quantitative estimate of drug-likeness (QED) is 0.851. The summed E-state index contributed by atoms with van der Waals surface area (Å²) in [7, 11) is 0. The fourth-order valence-corrected chi connectivity index (χ4v) is 3.06. The average molecular weight is 368 g/mol. The zero-order valence-corrected chi connectivity index (χ0v) is 16.3. The standard InChI is InChI=1S/C22H28N2O3/c1-16-4-5-17(2)21(14-16)27-18(3)22(25)23-15-19-6-8-20(9-7-19)24-10-12-26-13-11-24/h4-9,14,18H,10-13,15H2,1-3H3,(H,23,25). The molecule has 2 aromatic carbocycles.